The summed E-state index contributed by atoms with van der Waals surface area (Å²) in [6.45, 7) is 9.05. The number of amides is 3. The van der Waals surface area contributed by atoms with Crippen molar-refractivity contribution in [2.75, 3.05) is 144 Å². The number of carbonyl (C=O) groups excluding carboxylic acids is 3. The number of hydrogen-bond acceptors (Lipinski definition) is 14. The Morgan fingerprint density at radius 1 is 0.558 bits per heavy atom. The highest BCUT2D eigenvalue weighted by molar-refractivity contribution is 7.80. The van der Waals surface area contributed by atoms with Gasteiger partial charge in [-0.05, 0) is 36.5 Å². The van der Waals surface area contributed by atoms with Crippen molar-refractivity contribution in [3.8, 4) is 5.75 Å². The smallest absolute Gasteiger partial charge is 0.253 e. The van der Waals surface area contributed by atoms with Crippen LogP contribution in [0.4, 0.5) is 5.69 Å². The van der Waals surface area contributed by atoms with E-state index in [0.717, 1.165) is 10.6 Å². The van der Waals surface area contributed by atoms with Crippen LogP contribution >= 0.6 is 12.2 Å². The van der Waals surface area contributed by atoms with E-state index in [1.54, 1.807) is 24.3 Å². The minimum absolute atomic E-state index is 0.0494. The minimum Gasteiger partial charge on any atom is -0.508 e. The van der Waals surface area contributed by atoms with Gasteiger partial charge in [-0.1, -0.05) is 0 Å². The second-order valence-corrected chi connectivity index (χ2v) is 11.1. The normalized spacial score (nSPS) is 12.5. The first-order chi connectivity index (χ1) is 25.5. The SMILES string of the molecule is O=C(CCN1C(=O)C=CC1=O)NCCOCCOCCOCCOCCOCCOCCOCCOCCOCCNC(=S)Nc1ccc(O)cc1. The molecule has 0 saturated carbocycles. The zero-order valence-corrected chi connectivity index (χ0v) is 30.5. The Hall–Kier alpha value is -3.30. The van der Waals surface area contributed by atoms with Crippen molar-refractivity contribution in [1.82, 2.24) is 15.5 Å². The predicted octanol–water partition coefficient (Wildman–Crippen LogP) is 0.259. The van der Waals surface area contributed by atoms with Crippen LogP contribution in [0.5, 0.6) is 5.75 Å². The lowest BCUT2D eigenvalue weighted by Crippen LogP contribution is -2.35. The number of nitrogens with one attached hydrogen (secondary N) is 3. The maximum atomic E-state index is 11.8. The number of ether oxygens (including phenoxy) is 9. The van der Waals surface area contributed by atoms with Crippen LogP contribution in [0.15, 0.2) is 36.4 Å². The molecule has 294 valence electrons. The van der Waals surface area contributed by atoms with Gasteiger partial charge in [-0.15, -0.1) is 0 Å². The third kappa shape index (κ3) is 24.8. The molecule has 0 fully saturated rings. The van der Waals surface area contributed by atoms with Crippen LogP contribution in [0.25, 0.3) is 0 Å². The molecule has 0 radical (unpaired) electrons. The summed E-state index contributed by atoms with van der Waals surface area (Å²) in [7, 11) is 0. The van der Waals surface area contributed by atoms with Crippen LogP contribution in [0.1, 0.15) is 6.42 Å². The number of imide groups is 1. The third-order valence-corrected chi connectivity index (χ3v) is 6.91. The second kappa shape index (κ2) is 31.2. The number of rotatable bonds is 34. The fourth-order valence-corrected chi connectivity index (χ4v) is 4.25. The Morgan fingerprint density at radius 2 is 0.904 bits per heavy atom. The lowest BCUT2D eigenvalue weighted by atomic mass is 10.3. The standard InChI is InChI=1S/C34H54N4O13S/c39-30-3-1-29(2-4-30)37-34(52)36-9-12-44-14-16-46-18-20-48-22-24-50-26-28-51-27-25-49-23-21-47-19-17-45-15-13-43-11-8-35-31(40)7-10-38-32(41)5-6-33(38)42/h1-6,39H,7-28H2,(H,35,40)(H2,36,37,52). The minimum atomic E-state index is -0.399. The summed E-state index contributed by atoms with van der Waals surface area (Å²) >= 11 is 5.21. The molecule has 1 aliphatic heterocycles. The van der Waals surface area contributed by atoms with E-state index in [4.69, 9.17) is 54.8 Å². The first kappa shape index (κ1) is 44.9. The van der Waals surface area contributed by atoms with E-state index in [0.29, 0.717) is 137 Å². The summed E-state index contributed by atoms with van der Waals surface area (Å²) in [6.07, 6.45) is 2.43. The molecule has 18 heteroatoms. The van der Waals surface area contributed by atoms with Gasteiger partial charge in [0, 0.05) is 43.9 Å². The number of thiocarbonyl (C=S) groups is 1. The molecule has 0 aromatic heterocycles. The van der Waals surface area contributed by atoms with Crippen LogP contribution in [0, 0.1) is 0 Å². The first-order valence-electron chi connectivity index (χ1n) is 17.3. The molecule has 0 aliphatic carbocycles. The van der Waals surface area contributed by atoms with Gasteiger partial charge in [0.25, 0.3) is 11.8 Å². The topological polar surface area (TPSA) is 194 Å². The summed E-state index contributed by atoms with van der Waals surface area (Å²) in [5, 5.41) is 18.5. The van der Waals surface area contributed by atoms with Gasteiger partial charge in [0.15, 0.2) is 5.11 Å². The molecule has 3 amide bonds. The number of nitrogens with zero attached hydrogens (tertiary/aromatic N) is 1. The fraction of sp³-hybridized carbons (Fsp3) is 0.647. The molecule has 1 aromatic rings. The Bertz CT molecular complexity index is 1130. The number of anilines is 1. The predicted molar refractivity (Wildman–Crippen MR) is 193 cm³/mol. The molecule has 2 rings (SSSR count). The summed E-state index contributed by atoms with van der Waals surface area (Å²) < 4.78 is 49.2. The second-order valence-electron chi connectivity index (χ2n) is 10.7. The van der Waals surface area contributed by atoms with Gasteiger partial charge in [-0.25, -0.2) is 0 Å². The highest BCUT2D eigenvalue weighted by Gasteiger charge is 2.23. The molecule has 4 N–H and O–H groups in total. The molecule has 1 aliphatic rings. The molecule has 17 nitrogen and oxygen atoms in total. The van der Waals surface area contributed by atoms with Gasteiger partial charge >= 0.3 is 0 Å². The maximum absolute atomic E-state index is 11.8. The van der Waals surface area contributed by atoms with E-state index in [1.165, 1.54) is 12.2 Å². The Morgan fingerprint density at radius 3 is 1.29 bits per heavy atom. The van der Waals surface area contributed by atoms with E-state index < -0.39 is 11.8 Å². The van der Waals surface area contributed by atoms with Crippen LogP contribution in [0.3, 0.4) is 0 Å². The van der Waals surface area contributed by atoms with Crippen LogP contribution in [0.2, 0.25) is 0 Å². The van der Waals surface area contributed by atoms with Crippen molar-refractivity contribution in [2.24, 2.45) is 0 Å². The van der Waals surface area contributed by atoms with Crippen molar-refractivity contribution in [2.45, 2.75) is 6.42 Å². The zero-order chi connectivity index (χ0) is 37.3. The molecule has 0 atom stereocenters. The molecule has 1 aromatic carbocycles. The van der Waals surface area contributed by atoms with E-state index in [-0.39, 0.29) is 24.6 Å². The van der Waals surface area contributed by atoms with Crippen molar-refractivity contribution < 1.29 is 62.1 Å². The van der Waals surface area contributed by atoms with E-state index >= 15 is 0 Å². The van der Waals surface area contributed by atoms with Crippen LogP contribution < -0.4 is 16.0 Å². The van der Waals surface area contributed by atoms with Crippen molar-refractivity contribution >= 4 is 40.7 Å². The average Bonchev–Trinajstić information content (AvgIpc) is 3.46. The van der Waals surface area contributed by atoms with E-state index in [2.05, 4.69) is 16.0 Å². The van der Waals surface area contributed by atoms with Gasteiger partial charge in [0.05, 0.1) is 119 Å². The Labute approximate surface area is 310 Å². The molecule has 52 heavy (non-hydrogen) atoms. The molecular formula is C34H54N4O13S. The number of benzene rings is 1. The summed E-state index contributed by atoms with van der Waals surface area (Å²) in [4.78, 5) is 35.7. The van der Waals surface area contributed by atoms with Crippen LogP contribution in [-0.2, 0) is 57.0 Å². The van der Waals surface area contributed by atoms with Gasteiger partial charge in [-0.3, -0.25) is 19.3 Å². The molecule has 0 saturated heterocycles. The van der Waals surface area contributed by atoms with Gasteiger partial charge in [0.2, 0.25) is 5.91 Å². The van der Waals surface area contributed by atoms with Crippen molar-refractivity contribution in [3.05, 3.63) is 36.4 Å². The van der Waals surface area contributed by atoms with E-state index in [1.807, 2.05) is 0 Å². The number of phenolic OH excluding ortho intramolecular Hbond substituents is 1. The summed E-state index contributed by atoms with van der Waals surface area (Å²) in [5.41, 5.74) is 0.789. The quantitative estimate of drug-likeness (QED) is 0.0323. The Balaban J connectivity index is 1.17. The molecule has 0 unspecified atom stereocenters. The number of aromatic hydroxyl groups is 1. The van der Waals surface area contributed by atoms with Gasteiger partial charge in [-0.2, -0.15) is 0 Å². The molecule has 0 spiro atoms. The molecule has 1 heterocycles. The van der Waals surface area contributed by atoms with Crippen molar-refractivity contribution in [3.63, 3.8) is 0 Å². The Kier molecular flexibility index (Phi) is 27.0. The van der Waals surface area contributed by atoms with Crippen molar-refractivity contribution in [1.29, 1.82) is 0 Å². The number of hydrogen-bond donors (Lipinski definition) is 4. The maximum Gasteiger partial charge on any atom is 0.253 e. The third-order valence-electron chi connectivity index (χ3n) is 6.66. The van der Waals surface area contributed by atoms with Gasteiger partial charge < -0.3 is 63.7 Å². The lowest BCUT2D eigenvalue weighted by molar-refractivity contribution is -0.137. The number of phenols is 1. The highest BCUT2D eigenvalue weighted by atomic mass is 32.1. The largest absolute Gasteiger partial charge is 0.508 e. The van der Waals surface area contributed by atoms with Crippen LogP contribution in [-0.4, -0.2) is 171 Å². The van der Waals surface area contributed by atoms with E-state index in [9.17, 15) is 19.5 Å². The summed E-state index contributed by atoms with van der Waals surface area (Å²) in [5.74, 6) is -0.855. The number of carbonyl (C=O) groups is 3. The first-order valence-corrected chi connectivity index (χ1v) is 17.7. The molecule has 0 bridgehead atoms. The molecular weight excluding hydrogens is 704 g/mol. The summed E-state index contributed by atoms with van der Waals surface area (Å²) in [6, 6.07) is 6.64. The fourth-order valence-electron chi connectivity index (χ4n) is 4.03. The monoisotopic (exact) mass is 758 g/mol. The highest BCUT2D eigenvalue weighted by Crippen LogP contribution is 2.13. The van der Waals surface area contributed by atoms with Gasteiger partial charge in [0.1, 0.15) is 5.75 Å². The zero-order valence-electron chi connectivity index (χ0n) is 29.7. The lowest BCUT2D eigenvalue weighted by Gasteiger charge is -2.13. The average molecular weight is 759 g/mol.